The number of allylic oxidation sites excluding steroid dienone is 4. The number of hydrogen-bond acceptors (Lipinski definition) is 3. The van der Waals surface area contributed by atoms with E-state index in [1.165, 1.54) is 116 Å². The predicted octanol–water partition coefficient (Wildman–Crippen LogP) is 12.6. The second-order valence-corrected chi connectivity index (χ2v) is 14.1. The van der Waals surface area contributed by atoms with Crippen LogP contribution >= 0.6 is 9.24 Å². The number of unbranched alkanes of at least 4 members (excludes halogenated alkanes) is 22. The second kappa shape index (κ2) is 32.2. The lowest BCUT2D eigenvalue weighted by atomic mass is 9.83. The number of hydrogen-bond donors (Lipinski definition) is 1. The van der Waals surface area contributed by atoms with Crippen molar-refractivity contribution in [1.82, 2.24) is 0 Å². The highest BCUT2D eigenvalue weighted by Gasteiger charge is 2.46. The highest BCUT2D eigenvalue weighted by molar-refractivity contribution is 7.18. The van der Waals surface area contributed by atoms with E-state index >= 15 is 0 Å². The largest absolute Gasteiger partial charge is 0.374 e. The molecule has 3 nitrogen and oxygen atoms in total. The summed E-state index contributed by atoms with van der Waals surface area (Å²) in [6.07, 6.45) is 42.0. The van der Waals surface area contributed by atoms with Crippen molar-refractivity contribution in [2.24, 2.45) is 0 Å². The molecule has 0 heterocycles. The molecule has 0 saturated heterocycles. The van der Waals surface area contributed by atoms with Gasteiger partial charge in [0.05, 0.1) is 0 Å². The smallest absolute Gasteiger partial charge is 0.187 e. The second-order valence-electron chi connectivity index (χ2n) is 13.3. The summed E-state index contributed by atoms with van der Waals surface area (Å²) < 4.78 is 0. The van der Waals surface area contributed by atoms with Gasteiger partial charge in [0.1, 0.15) is 0 Å². The van der Waals surface area contributed by atoms with Crippen LogP contribution in [-0.2, 0) is 9.59 Å². The Kier molecular flexibility index (Phi) is 31.6. The Balaban J connectivity index is 4.02. The van der Waals surface area contributed by atoms with E-state index in [1.807, 2.05) is 6.92 Å². The Labute approximate surface area is 277 Å². The van der Waals surface area contributed by atoms with Crippen molar-refractivity contribution in [3.8, 4) is 0 Å². The first-order valence-corrected chi connectivity index (χ1v) is 20.0. The average molecular weight is 635 g/mol. The quantitative estimate of drug-likeness (QED) is 0.0332. The summed E-state index contributed by atoms with van der Waals surface area (Å²) in [5.74, 6) is -0.538. The van der Waals surface area contributed by atoms with Crippen molar-refractivity contribution in [3.05, 3.63) is 24.3 Å². The van der Waals surface area contributed by atoms with E-state index in [1.54, 1.807) is 0 Å². The number of Topliss-reactive ketones (excluding diaryl/α,β-unsaturated/α-hetero) is 2. The third-order valence-electron chi connectivity index (χ3n) is 9.16. The summed E-state index contributed by atoms with van der Waals surface area (Å²) in [6, 6.07) is 0. The van der Waals surface area contributed by atoms with E-state index in [4.69, 9.17) is 0 Å². The molecule has 0 aliphatic rings. The summed E-state index contributed by atoms with van der Waals surface area (Å²) in [4.78, 5) is 26.2. The molecule has 0 radical (unpaired) electrons. The Bertz CT molecular complexity index is 661. The maximum absolute atomic E-state index is 13.1. The molecular weight excluding hydrogens is 559 g/mol. The van der Waals surface area contributed by atoms with Crippen molar-refractivity contribution >= 4 is 20.8 Å². The van der Waals surface area contributed by atoms with Crippen LogP contribution in [0.15, 0.2) is 24.3 Å². The molecule has 4 heteroatoms. The van der Waals surface area contributed by atoms with Crippen LogP contribution in [0, 0.1) is 0 Å². The lowest BCUT2D eigenvalue weighted by Crippen LogP contribution is -2.53. The van der Waals surface area contributed by atoms with Gasteiger partial charge in [0, 0.05) is 18.5 Å². The predicted molar refractivity (Wildman–Crippen MR) is 198 cm³/mol. The monoisotopic (exact) mass is 635 g/mol. The molecule has 0 rings (SSSR count). The summed E-state index contributed by atoms with van der Waals surface area (Å²) in [5.41, 5.74) is -2.24. The van der Waals surface area contributed by atoms with Gasteiger partial charge in [0.25, 0.3) is 0 Å². The number of ketones is 2. The van der Waals surface area contributed by atoms with Gasteiger partial charge in [-0.3, -0.25) is 9.59 Å². The van der Waals surface area contributed by atoms with E-state index in [0.717, 1.165) is 51.4 Å². The fraction of sp³-hybridized carbons (Fsp3) is 0.850. The lowest BCUT2D eigenvalue weighted by molar-refractivity contribution is -0.151. The molecule has 0 saturated carbocycles. The normalized spacial score (nSPS) is 12.9. The number of carbonyl (C=O) groups is 2. The van der Waals surface area contributed by atoms with Crippen molar-refractivity contribution in [2.75, 3.05) is 0 Å². The molecule has 0 fully saturated rings. The molecule has 0 aromatic rings. The molecule has 0 bridgehead atoms. The molecule has 258 valence electrons. The topological polar surface area (TPSA) is 54.4 Å². The minimum atomic E-state index is -1.83. The van der Waals surface area contributed by atoms with Crippen molar-refractivity contribution in [2.45, 2.75) is 218 Å². The standard InChI is InChI=1S/C40H75O3P/c1-4-7-9-11-13-15-17-19-21-23-25-27-29-31-33-35-37(41)40(43,39(44)6-3)38(42)36-34-32-30-28-26-24-22-20-18-16-14-12-10-8-5-2/h19-22,39,43H,4-18,23-36,44H2,1-3H3/b21-19-,22-20-. The van der Waals surface area contributed by atoms with Gasteiger partial charge in [0.15, 0.2) is 17.2 Å². The summed E-state index contributed by atoms with van der Waals surface area (Å²) in [5, 5.41) is 11.3. The van der Waals surface area contributed by atoms with Gasteiger partial charge in [0.2, 0.25) is 0 Å². The summed E-state index contributed by atoms with van der Waals surface area (Å²) >= 11 is 0. The third kappa shape index (κ3) is 23.5. The van der Waals surface area contributed by atoms with Crippen LogP contribution in [0.4, 0.5) is 0 Å². The van der Waals surface area contributed by atoms with Crippen LogP contribution < -0.4 is 0 Å². The van der Waals surface area contributed by atoms with Crippen LogP contribution in [0.25, 0.3) is 0 Å². The molecule has 2 atom stereocenters. The zero-order valence-corrected chi connectivity index (χ0v) is 30.9. The minimum absolute atomic E-state index is 0.269. The fourth-order valence-corrected chi connectivity index (χ4v) is 6.33. The molecule has 0 aromatic carbocycles. The van der Waals surface area contributed by atoms with Crippen LogP contribution in [0.1, 0.15) is 207 Å². The van der Waals surface area contributed by atoms with Gasteiger partial charge in [-0.2, -0.15) is 0 Å². The number of rotatable bonds is 34. The number of carbonyl (C=O) groups excluding carboxylic acids is 2. The van der Waals surface area contributed by atoms with Crippen LogP contribution in [0.5, 0.6) is 0 Å². The highest BCUT2D eigenvalue weighted by atomic mass is 31.0. The Hall–Kier alpha value is -0.790. The Morgan fingerprint density at radius 2 is 0.773 bits per heavy atom. The Morgan fingerprint density at radius 1 is 0.500 bits per heavy atom. The molecule has 0 aliphatic carbocycles. The molecule has 0 aliphatic heterocycles. The van der Waals surface area contributed by atoms with E-state index in [-0.39, 0.29) is 11.6 Å². The molecule has 0 aromatic heterocycles. The first kappa shape index (κ1) is 43.2. The van der Waals surface area contributed by atoms with Crippen molar-refractivity contribution in [3.63, 3.8) is 0 Å². The van der Waals surface area contributed by atoms with Gasteiger partial charge in [-0.25, -0.2) is 0 Å². The molecular formula is C40H75O3P. The lowest BCUT2D eigenvalue weighted by Gasteiger charge is -2.31. The third-order valence-corrected chi connectivity index (χ3v) is 10.1. The zero-order chi connectivity index (χ0) is 32.6. The number of aliphatic hydroxyl groups is 1. The zero-order valence-electron chi connectivity index (χ0n) is 29.7. The first-order valence-electron chi connectivity index (χ1n) is 19.3. The van der Waals surface area contributed by atoms with Gasteiger partial charge < -0.3 is 5.11 Å². The van der Waals surface area contributed by atoms with E-state index in [0.29, 0.717) is 19.3 Å². The van der Waals surface area contributed by atoms with E-state index in [2.05, 4.69) is 47.4 Å². The Morgan fingerprint density at radius 3 is 1.07 bits per heavy atom. The molecule has 0 spiro atoms. The first-order chi connectivity index (χ1) is 21.4. The summed E-state index contributed by atoms with van der Waals surface area (Å²) in [6.45, 7) is 6.46. The highest BCUT2D eigenvalue weighted by Crippen LogP contribution is 2.28. The van der Waals surface area contributed by atoms with Gasteiger partial charge in [-0.15, -0.1) is 9.24 Å². The maximum Gasteiger partial charge on any atom is 0.187 e. The van der Waals surface area contributed by atoms with Crippen LogP contribution in [0.3, 0.4) is 0 Å². The minimum Gasteiger partial charge on any atom is -0.374 e. The molecule has 0 amide bonds. The average Bonchev–Trinajstić information content (AvgIpc) is 3.03. The van der Waals surface area contributed by atoms with Crippen molar-refractivity contribution in [1.29, 1.82) is 0 Å². The maximum atomic E-state index is 13.1. The van der Waals surface area contributed by atoms with E-state index in [9.17, 15) is 14.7 Å². The molecule has 1 N–H and O–H groups in total. The SMILES string of the molecule is CCCCCCCC/C=C\CCCCCCCC(=O)C(O)(C(=O)CCCCCCC/C=C\CCCCCCCC)C(P)CC. The summed E-state index contributed by atoms with van der Waals surface area (Å²) in [7, 11) is 2.57. The molecule has 44 heavy (non-hydrogen) atoms. The van der Waals surface area contributed by atoms with Gasteiger partial charge in [-0.1, -0.05) is 148 Å². The van der Waals surface area contributed by atoms with Crippen molar-refractivity contribution < 1.29 is 14.7 Å². The fourth-order valence-electron chi connectivity index (χ4n) is 5.96. The van der Waals surface area contributed by atoms with Crippen LogP contribution in [-0.4, -0.2) is 27.9 Å². The van der Waals surface area contributed by atoms with Crippen LogP contribution in [0.2, 0.25) is 0 Å². The van der Waals surface area contributed by atoms with Gasteiger partial charge in [-0.05, 0) is 70.6 Å². The molecule has 2 unspecified atom stereocenters. The van der Waals surface area contributed by atoms with Gasteiger partial charge >= 0.3 is 0 Å². The van der Waals surface area contributed by atoms with E-state index < -0.39 is 11.3 Å².